The smallest absolute Gasteiger partial charge is 0.253 e. The molecular formula is C15H19N3O2. The van der Waals surface area contributed by atoms with E-state index in [1.165, 1.54) is 0 Å². The number of furan rings is 1. The van der Waals surface area contributed by atoms with Gasteiger partial charge in [-0.2, -0.15) is 0 Å². The Labute approximate surface area is 118 Å². The fourth-order valence-electron chi connectivity index (χ4n) is 1.79. The molecule has 2 heterocycles. The van der Waals surface area contributed by atoms with Gasteiger partial charge < -0.3 is 15.5 Å². The first-order valence-corrected chi connectivity index (χ1v) is 6.47. The van der Waals surface area contributed by atoms with Gasteiger partial charge in [-0.15, -0.1) is 0 Å². The van der Waals surface area contributed by atoms with E-state index in [4.69, 9.17) is 10.2 Å². The van der Waals surface area contributed by atoms with Gasteiger partial charge in [0.15, 0.2) is 5.76 Å². The number of rotatable bonds is 4. The topological polar surface area (TPSA) is 81.2 Å². The maximum absolute atomic E-state index is 12.2. The molecule has 0 aliphatic carbocycles. The number of amides is 1. The Morgan fingerprint density at radius 3 is 2.70 bits per heavy atom. The molecule has 2 aromatic rings. The second kappa shape index (κ2) is 5.46. The number of carbonyl (C=O) groups is 1. The average Bonchev–Trinajstić information content (AvgIpc) is 2.91. The molecule has 0 saturated carbocycles. The minimum atomic E-state index is -0.441. The molecule has 3 N–H and O–H groups in total. The van der Waals surface area contributed by atoms with Crippen LogP contribution >= 0.6 is 0 Å². The third-order valence-corrected chi connectivity index (χ3v) is 3.07. The third kappa shape index (κ3) is 3.05. The number of hydrogen-bond acceptors (Lipinski definition) is 4. The van der Waals surface area contributed by atoms with E-state index in [9.17, 15) is 4.79 Å². The Hall–Kier alpha value is -2.14. The monoisotopic (exact) mass is 273 g/mol. The van der Waals surface area contributed by atoms with E-state index in [-0.39, 0.29) is 5.91 Å². The zero-order chi connectivity index (χ0) is 14.8. The lowest BCUT2D eigenvalue weighted by atomic mass is 10.0. The van der Waals surface area contributed by atoms with Crippen molar-refractivity contribution in [2.24, 2.45) is 5.73 Å². The lowest BCUT2D eigenvalue weighted by Crippen LogP contribution is -2.49. The summed E-state index contributed by atoms with van der Waals surface area (Å²) in [6.45, 7) is 5.93. The summed E-state index contributed by atoms with van der Waals surface area (Å²) in [7, 11) is 0. The summed E-state index contributed by atoms with van der Waals surface area (Å²) in [4.78, 5) is 16.6. The molecule has 0 radical (unpaired) electrons. The molecule has 20 heavy (non-hydrogen) atoms. The van der Waals surface area contributed by atoms with Crippen LogP contribution < -0.4 is 11.1 Å². The predicted octanol–water partition coefficient (Wildman–Crippen LogP) is 2.12. The van der Waals surface area contributed by atoms with Gasteiger partial charge in [-0.25, -0.2) is 4.98 Å². The van der Waals surface area contributed by atoms with Crippen LogP contribution in [0, 0.1) is 6.92 Å². The Bertz CT molecular complexity index is 604. The number of nitrogens with two attached hydrogens (primary N) is 1. The molecule has 0 saturated heterocycles. The first-order chi connectivity index (χ1) is 9.43. The van der Waals surface area contributed by atoms with Gasteiger partial charge in [0.2, 0.25) is 0 Å². The predicted molar refractivity (Wildman–Crippen MR) is 77.3 cm³/mol. The maximum Gasteiger partial charge on any atom is 0.253 e. The molecule has 0 atom stereocenters. The molecule has 1 amide bonds. The minimum absolute atomic E-state index is 0.170. The van der Waals surface area contributed by atoms with Crippen molar-refractivity contribution in [1.82, 2.24) is 10.3 Å². The molecule has 0 aromatic carbocycles. The van der Waals surface area contributed by atoms with Crippen molar-refractivity contribution in [3.05, 3.63) is 41.8 Å². The molecule has 2 aromatic heterocycles. The molecule has 0 aliphatic rings. The van der Waals surface area contributed by atoms with Crippen LogP contribution in [0.4, 0.5) is 0 Å². The summed E-state index contributed by atoms with van der Waals surface area (Å²) >= 11 is 0. The van der Waals surface area contributed by atoms with E-state index in [0.29, 0.717) is 29.3 Å². The van der Waals surface area contributed by atoms with Crippen molar-refractivity contribution in [1.29, 1.82) is 0 Å². The van der Waals surface area contributed by atoms with Crippen LogP contribution in [0.1, 0.15) is 29.9 Å². The molecule has 0 spiro atoms. The van der Waals surface area contributed by atoms with Gasteiger partial charge in [-0.1, -0.05) is 0 Å². The van der Waals surface area contributed by atoms with Crippen LogP contribution in [-0.4, -0.2) is 23.0 Å². The van der Waals surface area contributed by atoms with E-state index in [0.717, 1.165) is 0 Å². The van der Waals surface area contributed by atoms with E-state index in [2.05, 4.69) is 10.3 Å². The number of aryl methyl sites for hydroxylation is 1. The van der Waals surface area contributed by atoms with E-state index in [1.807, 2.05) is 19.9 Å². The van der Waals surface area contributed by atoms with Crippen molar-refractivity contribution in [2.75, 3.05) is 6.54 Å². The number of nitrogens with zero attached hydrogens (tertiary/aromatic N) is 1. The third-order valence-electron chi connectivity index (χ3n) is 3.07. The Morgan fingerprint density at radius 2 is 2.15 bits per heavy atom. The van der Waals surface area contributed by atoms with Gasteiger partial charge >= 0.3 is 0 Å². The van der Waals surface area contributed by atoms with Gasteiger partial charge in [-0.05, 0) is 45.0 Å². The van der Waals surface area contributed by atoms with Gasteiger partial charge in [0.1, 0.15) is 5.69 Å². The van der Waals surface area contributed by atoms with Crippen LogP contribution in [0.25, 0.3) is 11.5 Å². The summed E-state index contributed by atoms with van der Waals surface area (Å²) < 4.78 is 5.29. The minimum Gasteiger partial charge on any atom is -0.463 e. The summed E-state index contributed by atoms with van der Waals surface area (Å²) in [6.07, 6.45) is 1.59. The zero-order valence-corrected chi connectivity index (χ0v) is 11.9. The lowest BCUT2D eigenvalue weighted by molar-refractivity contribution is 0.0914. The molecule has 106 valence electrons. The highest BCUT2D eigenvalue weighted by atomic mass is 16.3. The molecule has 2 rings (SSSR count). The summed E-state index contributed by atoms with van der Waals surface area (Å²) in [5.74, 6) is 0.513. The number of nitrogens with one attached hydrogen (secondary N) is 1. The second-order valence-corrected chi connectivity index (χ2v) is 5.35. The number of hydrogen-bond donors (Lipinski definition) is 2. The average molecular weight is 273 g/mol. The van der Waals surface area contributed by atoms with Crippen molar-refractivity contribution in [2.45, 2.75) is 26.3 Å². The largest absolute Gasteiger partial charge is 0.463 e. The van der Waals surface area contributed by atoms with Crippen LogP contribution in [0.5, 0.6) is 0 Å². The van der Waals surface area contributed by atoms with Gasteiger partial charge in [0.25, 0.3) is 5.91 Å². The van der Waals surface area contributed by atoms with E-state index >= 15 is 0 Å². The zero-order valence-electron chi connectivity index (χ0n) is 11.9. The summed E-state index contributed by atoms with van der Waals surface area (Å²) in [5.41, 5.74) is 7.09. The fraction of sp³-hybridized carbons (Fsp3) is 0.333. The quantitative estimate of drug-likeness (QED) is 0.894. The highest BCUT2D eigenvalue weighted by Gasteiger charge is 2.21. The normalized spacial score (nSPS) is 11.4. The first kappa shape index (κ1) is 14.3. The van der Waals surface area contributed by atoms with Crippen molar-refractivity contribution in [3.8, 4) is 11.5 Å². The van der Waals surface area contributed by atoms with Crippen LogP contribution in [-0.2, 0) is 0 Å². The van der Waals surface area contributed by atoms with E-state index in [1.54, 1.807) is 31.4 Å². The molecule has 5 nitrogen and oxygen atoms in total. The van der Waals surface area contributed by atoms with Crippen LogP contribution in [0.15, 0.2) is 34.9 Å². The van der Waals surface area contributed by atoms with Crippen LogP contribution in [0.3, 0.4) is 0 Å². The highest BCUT2D eigenvalue weighted by molar-refractivity contribution is 5.95. The summed E-state index contributed by atoms with van der Waals surface area (Å²) in [6, 6.07) is 7.16. The van der Waals surface area contributed by atoms with Crippen molar-refractivity contribution in [3.63, 3.8) is 0 Å². The van der Waals surface area contributed by atoms with Crippen molar-refractivity contribution < 1.29 is 9.21 Å². The number of carbonyl (C=O) groups excluding carboxylic acids is 1. The second-order valence-electron chi connectivity index (χ2n) is 5.35. The Kier molecular flexibility index (Phi) is 3.90. The van der Waals surface area contributed by atoms with Gasteiger partial charge in [0, 0.05) is 12.1 Å². The molecular weight excluding hydrogens is 254 g/mol. The van der Waals surface area contributed by atoms with E-state index < -0.39 is 5.54 Å². The van der Waals surface area contributed by atoms with Crippen molar-refractivity contribution >= 4 is 5.91 Å². The maximum atomic E-state index is 12.2. The molecule has 5 heteroatoms. The number of pyridine rings is 1. The van der Waals surface area contributed by atoms with Gasteiger partial charge in [-0.3, -0.25) is 4.79 Å². The SMILES string of the molecule is Cc1nc(-c2ccco2)ccc1C(=O)NC(C)(C)CN. The van der Waals surface area contributed by atoms with Gasteiger partial charge in [0.05, 0.1) is 17.5 Å². The standard InChI is InChI=1S/C15H19N3O2/c1-10-11(14(19)18-15(2,3)9-16)6-7-12(17-10)13-5-4-8-20-13/h4-8H,9,16H2,1-3H3,(H,18,19). The lowest BCUT2D eigenvalue weighted by Gasteiger charge is -2.24. The molecule has 0 fully saturated rings. The Morgan fingerprint density at radius 1 is 1.40 bits per heavy atom. The summed E-state index contributed by atoms with van der Waals surface area (Å²) in [5, 5.41) is 2.89. The first-order valence-electron chi connectivity index (χ1n) is 6.47. The van der Waals surface area contributed by atoms with Crippen LogP contribution in [0.2, 0.25) is 0 Å². The Balaban J connectivity index is 2.24. The molecule has 0 aliphatic heterocycles. The molecule has 0 unspecified atom stereocenters. The highest BCUT2D eigenvalue weighted by Crippen LogP contribution is 2.19. The fourth-order valence-corrected chi connectivity index (χ4v) is 1.79. The number of aromatic nitrogens is 1. The molecule has 0 bridgehead atoms.